The van der Waals surface area contributed by atoms with E-state index in [2.05, 4.69) is 17.1 Å². The fraction of sp³-hybridized carbons (Fsp3) is 0.571. The second kappa shape index (κ2) is 10.0. The summed E-state index contributed by atoms with van der Waals surface area (Å²) in [5, 5.41) is 11.5. The van der Waals surface area contributed by atoms with Crippen LogP contribution in [0, 0.1) is 5.41 Å². The van der Waals surface area contributed by atoms with E-state index >= 15 is 0 Å². The zero-order valence-electron chi connectivity index (χ0n) is 17.5. The van der Waals surface area contributed by atoms with Gasteiger partial charge in [-0.2, -0.15) is 18.2 Å². The van der Waals surface area contributed by atoms with Crippen molar-refractivity contribution < 1.29 is 22.4 Å². The zero-order valence-corrected chi connectivity index (χ0v) is 17.5. The Balaban J connectivity index is 1.75. The van der Waals surface area contributed by atoms with E-state index in [0.29, 0.717) is 19.4 Å². The topological polar surface area (TPSA) is 101 Å². The first-order valence-electron chi connectivity index (χ1n) is 10.6. The third-order valence-electron chi connectivity index (χ3n) is 5.34. The summed E-state index contributed by atoms with van der Waals surface area (Å²) in [6.07, 6.45) is 1.82. The Morgan fingerprint density at radius 1 is 1.29 bits per heavy atom. The van der Waals surface area contributed by atoms with Crippen molar-refractivity contribution in [1.29, 1.82) is 5.41 Å². The van der Waals surface area contributed by atoms with E-state index in [1.54, 1.807) is 4.90 Å². The van der Waals surface area contributed by atoms with Crippen LogP contribution in [0.2, 0.25) is 0 Å². The third-order valence-corrected chi connectivity index (χ3v) is 5.34. The van der Waals surface area contributed by atoms with E-state index in [0.717, 1.165) is 38.2 Å². The van der Waals surface area contributed by atoms with Gasteiger partial charge in [0.1, 0.15) is 11.8 Å². The van der Waals surface area contributed by atoms with Crippen molar-refractivity contribution in [3.63, 3.8) is 0 Å². The molecule has 31 heavy (non-hydrogen) atoms. The first-order chi connectivity index (χ1) is 14.8. The molecule has 1 aliphatic heterocycles. The van der Waals surface area contributed by atoms with Crippen molar-refractivity contribution in [3.8, 4) is 17.1 Å². The van der Waals surface area contributed by atoms with Gasteiger partial charge < -0.3 is 19.9 Å². The Kier molecular flexibility index (Phi) is 7.40. The number of unbranched alkanes of at least 4 members (excludes halogenated alkanes) is 4. The molecule has 10 heteroatoms. The summed E-state index contributed by atoms with van der Waals surface area (Å²) < 4.78 is 51.6. The molecule has 0 unspecified atom stereocenters. The number of benzene rings is 1. The van der Waals surface area contributed by atoms with E-state index in [1.807, 2.05) is 0 Å². The molecule has 2 heterocycles. The number of hydrogen-bond acceptors (Lipinski definition) is 5. The van der Waals surface area contributed by atoms with Crippen LogP contribution in [0.5, 0.6) is 5.75 Å². The Hall–Kier alpha value is -2.78. The normalized spacial score (nSPS) is 16.6. The molecule has 1 aromatic carbocycles. The molecule has 0 bridgehead atoms. The number of nitrogens with zero attached hydrogens (tertiary/aromatic N) is 3. The monoisotopic (exact) mass is 439 g/mol. The van der Waals surface area contributed by atoms with Gasteiger partial charge in [0.25, 0.3) is 0 Å². The second-order valence-corrected chi connectivity index (χ2v) is 7.66. The van der Waals surface area contributed by atoms with Crippen LogP contribution >= 0.6 is 0 Å². The van der Waals surface area contributed by atoms with E-state index in [-0.39, 0.29) is 41.6 Å². The minimum atomic E-state index is -4.57. The fourth-order valence-corrected chi connectivity index (χ4v) is 3.70. The molecule has 170 valence electrons. The lowest BCUT2D eigenvalue weighted by molar-refractivity contribution is -0.138. The highest BCUT2D eigenvalue weighted by molar-refractivity contribution is 5.75. The number of alkyl halides is 3. The van der Waals surface area contributed by atoms with E-state index < -0.39 is 11.7 Å². The molecule has 0 saturated carbocycles. The lowest BCUT2D eigenvalue weighted by Gasteiger charge is -2.21. The molecule has 1 saturated heterocycles. The lowest BCUT2D eigenvalue weighted by atomic mass is 10.1. The van der Waals surface area contributed by atoms with Crippen molar-refractivity contribution >= 4 is 5.96 Å². The first-order valence-corrected chi connectivity index (χ1v) is 10.6. The van der Waals surface area contributed by atoms with E-state index in [4.69, 9.17) is 20.4 Å². The molecule has 1 aliphatic rings. The van der Waals surface area contributed by atoms with Gasteiger partial charge in [-0.15, -0.1) is 0 Å². The molecule has 1 fully saturated rings. The van der Waals surface area contributed by atoms with E-state index in [9.17, 15) is 13.2 Å². The summed E-state index contributed by atoms with van der Waals surface area (Å²) in [6, 6.07) is 3.44. The van der Waals surface area contributed by atoms with E-state index in [1.165, 1.54) is 12.1 Å². The molecule has 0 radical (unpaired) electrons. The number of halogens is 3. The molecule has 0 amide bonds. The molecule has 0 aliphatic carbocycles. The average Bonchev–Trinajstić information content (AvgIpc) is 3.39. The number of guanidine groups is 1. The maximum absolute atomic E-state index is 13.6. The Labute approximate surface area is 179 Å². The van der Waals surface area contributed by atoms with Crippen molar-refractivity contribution in [2.75, 3.05) is 13.2 Å². The minimum Gasteiger partial charge on any atom is -0.493 e. The Bertz CT molecular complexity index is 884. The van der Waals surface area contributed by atoms with Crippen molar-refractivity contribution in [2.45, 2.75) is 64.1 Å². The van der Waals surface area contributed by atoms with Crippen molar-refractivity contribution in [3.05, 3.63) is 29.7 Å². The molecule has 0 spiro atoms. The number of ether oxygens (including phenoxy) is 1. The van der Waals surface area contributed by atoms with Crippen LogP contribution in [0.25, 0.3) is 11.4 Å². The second-order valence-electron chi connectivity index (χ2n) is 7.66. The number of aromatic nitrogens is 2. The van der Waals surface area contributed by atoms with Crippen molar-refractivity contribution in [2.24, 2.45) is 5.73 Å². The minimum absolute atomic E-state index is 0.0574. The van der Waals surface area contributed by atoms with Crippen LogP contribution in [-0.4, -0.2) is 34.2 Å². The van der Waals surface area contributed by atoms with Crippen LogP contribution < -0.4 is 10.5 Å². The first kappa shape index (κ1) is 22.9. The highest BCUT2D eigenvalue weighted by Crippen LogP contribution is 2.39. The Morgan fingerprint density at radius 3 is 2.77 bits per heavy atom. The van der Waals surface area contributed by atoms with Crippen LogP contribution in [-0.2, 0) is 6.18 Å². The summed E-state index contributed by atoms with van der Waals surface area (Å²) in [7, 11) is 0. The standard InChI is InChI=1S/C21H28F3N5O2/c1-2-3-4-5-6-12-30-17-10-9-14(13-15(17)21(22,23)24)18-27-19(31-28-18)16-8-7-11-29(16)20(25)26/h9-10,13,16H,2-8,11-12H2,1H3,(H3,25,26)/t16-/m0/s1. The molecular formula is C21H28F3N5O2. The molecule has 1 atom stereocenters. The zero-order chi connectivity index (χ0) is 22.4. The SMILES string of the molecule is CCCCCCCOc1ccc(-c2noc([C@@H]3CCCN3C(=N)N)n2)cc1C(F)(F)F. The van der Waals surface area contributed by atoms with Gasteiger partial charge in [-0.3, -0.25) is 5.41 Å². The summed E-state index contributed by atoms with van der Waals surface area (Å²) in [5.41, 5.74) is 4.90. The number of nitrogens with one attached hydrogen (secondary N) is 1. The molecule has 1 aromatic heterocycles. The summed E-state index contributed by atoms with van der Waals surface area (Å²) in [4.78, 5) is 5.91. The van der Waals surface area contributed by atoms with Crippen LogP contribution in [0.3, 0.4) is 0 Å². The van der Waals surface area contributed by atoms with Gasteiger partial charge in [-0.05, 0) is 37.5 Å². The summed E-state index contributed by atoms with van der Waals surface area (Å²) >= 11 is 0. The molecular weight excluding hydrogens is 411 g/mol. The quantitative estimate of drug-likeness (QED) is 0.319. The number of likely N-dealkylation sites (tertiary alicyclic amines) is 1. The average molecular weight is 439 g/mol. The largest absolute Gasteiger partial charge is 0.493 e. The number of rotatable bonds is 9. The lowest BCUT2D eigenvalue weighted by Crippen LogP contribution is -2.35. The van der Waals surface area contributed by atoms with Crippen molar-refractivity contribution in [1.82, 2.24) is 15.0 Å². The highest BCUT2D eigenvalue weighted by Gasteiger charge is 2.36. The van der Waals surface area contributed by atoms with Gasteiger partial charge in [0.2, 0.25) is 11.7 Å². The van der Waals surface area contributed by atoms with Gasteiger partial charge in [0, 0.05) is 12.1 Å². The maximum Gasteiger partial charge on any atom is 0.419 e. The predicted molar refractivity (Wildman–Crippen MR) is 110 cm³/mol. The van der Waals surface area contributed by atoms with Crippen LogP contribution in [0.15, 0.2) is 22.7 Å². The smallest absolute Gasteiger partial charge is 0.419 e. The molecule has 3 rings (SSSR count). The molecule has 2 aromatic rings. The van der Waals surface area contributed by atoms with Gasteiger partial charge in [-0.25, -0.2) is 0 Å². The summed E-state index contributed by atoms with van der Waals surface area (Å²) in [6.45, 7) is 2.94. The van der Waals surface area contributed by atoms with Gasteiger partial charge >= 0.3 is 6.18 Å². The van der Waals surface area contributed by atoms with Gasteiger partial charge in [0.05, 0.1) is 12.2 Å². The molecule has 3 N–H and O–H groups in total. The molecule has 7 nitrogen and oxygen atoms in total. The predicted octanol–water partition coefficient (Wildman–Crippen LogP) is 5.13. The number of hydrogen-bond donors (Lipinski definition) is 2. The fourth-order valence-electron chi connectivity index (χ4n) is 3.70. The van der Waals surface area contributed by atoms with Crippen LogP contribution in [0.1, 0.15) is 69.4 Å². The maximum atomic E-state index is 13.6. The highest BCUT2D eigenvalue weighted by atomic mass is 19.4. The third kappa shape index (κ3) is 5.68. The van der Waals surface area contributed by atoms with Gasteiger partial charge in [-0.1, -0.05) is 37.8 Å². The van der Waals surface area contributed by atoms with Gasteiger partial charge in [0.15, 0.2) is 5.96 Å². The Morgan fingerprint density at radius 2 is 2.06 bits per heavy atom. The summed E-state index contributed by atoms with van der Waals surface area (Å²) in [5.74, 6) is -0.00232. The number of nitrogens with two attached hydrogens (primary N) is 1. The van der Waals surface area contributed by atoms with Crippen LogP contribution in [0.4, 0.5) is 13.2 Å².